The first-order valence-electron chi connectivity index (χ1n) is 8.64. The van der Waals surface area contributed by atoms with Crippen molar-refractivity contribution in [3.8, 4) is 11.1 Å². The lowest BCUT2D eigenvalue weighted by Crippen LogP contribution is -2.47. The molecule has 3 aromatic rings. The summed E-state index contributed by atoms with van der Waals surface area (Å²) in [7, 11) is 0. The van der Waals surface area contributed by atoms with Gasteiger partial charge >= 0.3 is 0 Å². The van der Waals surface area contributed by atoms with Crippen LogP contribution in [-0.4, -0.2) is 27.5 Å². The number of fused-ring (bicyclic) bond motifs is 1. The van der Waals surface area contributed by atoms with Crippen molar-refractivity contribution < 1.29 is 4.79 Å². The summed E-state index contributed by atoms with van der Waals surface area (Å²) in [6.45, 7) is 9.62. The summed E-state index contributed by atoms with van der Waals surface area (Å²) < 4.78 is 0. The number of benzene rings is 1. The van der Waals surface area contributed by atoms with E-state index in [0.29, 0.717) is 11.6 Å². The number of hydrogen-bond acceptors (Lipinski definition) is 5. The molecule has 0 spiro atoms. The molecule has 2 aromatic heterocycles. The lowest BCUT2D eigenvalue weighted by Gasteiger charge is -2.24. The molecule has 2 heterocycles. The summed E-state index contributed by atoms with van der Waals surface area (Å²) in [6.07, 6.45) is 0. The molecule has 136 valence electrons. The number of aryl methyl sites for hydroxylation is 1. The molecule has 0 saturated carbocycles. The zero-order chi connectivity index (χ0) is 18.9. The van der Waals surface area contributed by atoms with Crippen LogP contribution in [0.4, 0.5) is 5.82 Å². The third kappa shape index (κ3) is 4.02. The van der Waals surface area contributed by atoms with E-state index in [1.807, 2.05) is 52.8 Å². The van der Waals surface area contributed by atoms with E-state index in [2.05, 4.69) is 38.1 Å². The van der Waals surface area contributed by atoms with Gasteiger partial charge in [0.1, 0.15) is 22.5 Å². The Bertz CT molecular complexity index is 928. The molecule has 0 aliphatic rings. The highest BCUT2D eigenvalue weighted by molar-refractivity contribution is 7.17. The highest BCUT2D eigenvalue weighted by Crippen LogP contribution is 2.37. The van der Waals surface area contributed by atoms with Crippen LogP contribution < -0.4 is 10.6 Å². The lowest BCUT2D eigenvalue weighted by molar-refractivity contribution is -0.122. The monoisotopic (exact) mass is 368 g/mol. The van der Waals surface area contributed by atoms with E-state index in [-0.39, 0.29) is 11.4 Å². The quantitative estimate of drug-likeness (QED) is 0.717. The number of carbonyl (C=O) groups is 1. The Morgan fingerprint density at radius 2 is 1.85 bits per heavy atom. The van der Waals surface area contributed by atoms with Gasteiger partial charge in [0, 0.05) is 16.5 Å². The van der Waals surface area contributed by atoms with Crippen LogP contribution in [0.5, 0.6) is 0 Å². The fourth-order valence-corrected chi connectivity index (χ4v) is 3.72. The molecule has 3 rings (SSSR count). The number of amides is 1. The van der Waals surface area contributed by atoms with Crippen molar-refractivity contribution in [3.05, 3.63) is 41.5 Å². The zero-order valence-electron chi connectivity index (χ0n) is 15.8. The first kappa shape index (κ1) is 18.3. The molecule has 1 aromatic carbocycles. The number of thiophene rings is 1. The summed E-state index contributed by atoms with van der Waals surface area (Å²) in [5, 5.41) is 9.34. The second kappa shape index (κ2) is 7.03. The van der Waals surface area contributed by atoms with Crippen LogP contribution in [0, 0.1) is 6.92 Å². The van der Waals surface area contributed by atoms with Crippen LogP contribution in [0.3, 0.4) is 0 Å². The number of hydrogen-bond donors (Lipinski definition) is 2. The molecule has 2 N–H and O–H groups in total. The molecule has 0 saturated heterocycles. The van der Waals surface area contributed by atoms with Crippen LogP contribution in [0.1, 0.15) is 33.5 Å². The van der Waals surface area contributed by atoms with E-state index in [0.717, 1.165) is 21.3 Å². The van der Waals surface area contributed by atoms with Gasteiger partial charge in [-0.15, -0.1) is 11.3 Å². The number of rotatable bonds is 4. The van der Waals surface area contributed by atoms with Crippen molar-refractivity contribution >= 4 is 33.3 Å². The molecule has 1 atom stereocenters. The average Bonchev–Trinajstić information content (AvgIpc) is 2.97. The van der Waals surface area contributed by atoms with Gasteiger partial charge in [0.2, 0.25) is 5.91 Å². The maximum Gasteiger partial charge on any atom is 0.242 e. The second-order valence-corrected chi connectivity index (χ2v) is 8.28. The summed E-state index contributed by atoms with van der Waals surface area (Å²) in [5.74, 6) is 1.33. The van der Waals surface area contributed by atoms with Crippen molar-refractivity contribution in [2.75, 3.05) is 5.32 Å². The summed E-state index contributed by atoms with van der Waals surface area (Å²) in [5.41, 5.74) is 1.92. The number of carbonyl (C=O) groups excluding carboxylic acids is 1. The number of nitrogens with zero attached hydrogens (tertiary/aromatic N) is 2. The van der Waals surface area contributed by atoms with E-state index in [1.165, 1.54) is 0 Å². The van der Waals surface area contributed by atoms with Gasteiger partial charge in [-0.2, -0.15) is 0 Å². The Morgan fingerprint density at radius 3 is 2.50 bits per heavy atom. The van der Waals surface area contributed by atoms with E-state index in [4.69, 9.17) is 0 Å². The van der Waals surface area contributed by atoms with Crippen molar-refractivity contribution in [2.24, 2.45) is 0 Å². The smallest absolute Gasteiger partial charge is 0.242 e. The standard InChI is InChI=1S/C20H24N4OS/c1-12(18(25)24-20(3,4)5)21-17-16-15(14-9-7-6-8-10-14)11-26-19(16)23-13(2)22-17/h6-12H,1-5H3,(H,24,25)(H,21,22,23). The molecule has 0 bridgehead atoms. The molecular formula is C20H24N4OS. The van der Waals surface area contributed by atoms with Crippen molar-refractivity contribution in [2.45, 2.75) is 46.2 Å². The summed E-state index contributed by atoms with van der Waals surface area (Å²) in [4.78, 5) is 22.5. The Morgan fingerprint density at radius 1 is 1.15 bits per heavy atom. The SMILES string of the molecule is Cc1nc(NC(C)C(=O)NC(C)(C)C)c2c(-c3ccccc3)csc2n1. The minimum absolute atomic E-state index is 0.0570. The van der Waals surface area contributed by atoms with E-state index in [1.54, 1.807) is 11.3 Å². The molecule has 26 heavy (non-hydrogen) atoms. The van der Waals surface area contributed by atoms with E-state index >= 15 is 0 Å². The lowest BCUT2D eigenvalue weighted by atomic mass is 10.1. The van der Waals surface area contributed by atoms with Gasteiger partial charge in [-0.1, -0.05) is 30.3 Å². The van der Waals surface area contributed by atoms with Gasteiger partial charge in [-0.05, 0) is 40.2 Å². The normalized spacial score (nSPS) is 12.8. The predicted octanol–water partition coefficient (Wildman–Crippen LogP) is 4.38. The van der Waals surface area contributed by atoms with E-state index in [9.17, 15) is 4.79 Å². The number of anilines is 1. The number of nitrogens with one attached hydrogen (secondary N) is 2. The van der Waals surface area contributed by atoms with Crippen LogP contribution in [0.15, 0.2) is 35.7 Å². The maximum absolute atomic E-state index is 12.5. The molecular weight excluding hydrogens is 344 g/mol. The molecule has 0 aliphatic carbocycles. The third-order valence-electron chi connectivity index (χ3n) is 3.87. The molecule has 1 unspecified atom stereocenters. The Labute approximate surface area is 157 Å². The largest absolute Gasteiger partial charge is 0.358 e. The Hall–Kier alpha value is -2.47. The highest BCUT2D eigenvalue weighted by atomic mass is 32.1. The van der Waals surface area contributed by atoms with Gasteiger partial charge in [0.15, 0.2) is 0 Å². The topological polar surface area (TPSA) is 66.9 Å². The highest BCUT2D eigenvalue weighted by Gasteiger charge is 2.22. The first-order valence-corrected chi connectivity index (χ1v) is 9.52. The Kier molecular flexibility index (Phi) is 4.96. The zero-order valence-corrected chi connectivity index (χ0v) is 16.6. The molecule has 0 radical (unpaired) electrons. The van der Waals surface area contributed by atoms with Gasteiger partial charge in [-0.25, -0.2) is 9.97 Å². The van der Waals surface area contributed by atoms with Crippen LogP contribution in [0.25, 0.3) is 21.3 Å². The summed E-state index contributed by atoms with van der Waals surface area (Å²) >= 11 is 1.59. The second-order valence-electron chi connectivity index (χ2n) is 7.42. The van der Waals surface area contributed by atoms with Gasteiger partial charge in [-0.3, -0.25) is 4.79 Å². The van der Waals surface area contributed by atoms with Gasteiger partial charge in [0.25, 0.3) is 0 Å². The fraction of sp³-hybridized carbons (Fsp3) is 0.350. The van der Waals surface area contributed by atoms with E-state index < -0.39 is 6.04 Å². The molecule has 0 fully saturated rings. The third-order valence-corrected chi connectivity index (χ3v) is 4.75. The first-order chi connectivity index (χ1) is 12.2. The van der Waals surface area contributed by atoms with Crippen molar-refractivity contribution in [3.63, 3.8) is 0 Å². The minimum atomic E-state index is -0.407. The van der Waals surface area contributed by atoms with Crippen LogP contribution in [-0.2, 0) is 4.79 Å². The van der Waals surface area contributed by atoms with Gasteiger partial charge < -0.3 is 10.6 Å². The fourth-order valence-electron chi connectivity index (χ4n) is 2.73. The Balaban J connectivity index is 2.00. The maximum atomic E-state index is 12.5. The average molecular weight is 369 g/mol. The molecule has 5 nitrogen and oxygen atoms in total. The summed E-state index contributed by atoms with van der Waals surface area (Å²) in [6, 6.07) is 9.76. The molecule has 1 amide bonds. The predicted molar refractivity (Wildman–Crippen MR) is 109 cm³/mol. The van der Waals surface area contributed by atoms with Crippen LogP contribution in [0.2, 0.25) is 0 Å². The van der Waals surface area contributed by atoms with Gasteiger partial charge in [0.05, 0.1) is 5.39 Å². The van der Waals surface area contributed by atoms with Crippen molar-refractivity contribution in [1.82, 2.24) is 15.3 Å². The number of aromatic nitrogens is 2. The minimum Gasteiger partial charge on any atom is -0.358 e. The van der Waals surface area contributed by atoms with Crippen molar-refractivity contribution in [1.29, 1.82) is 0 Å². The van der Waals surface area contributed by atoms with Crippen LogP contribution >= 0.6 is 11.3 Å². The molecule has 6 heteroatoms. The molecule has 0 aliphatic heterocycles.